The number of hydrogen-bond acceptors (Lipinski definition) is 3. The molecule has 0 radical (unpaired) electrons. The highest BCUT2D eigenvalue weighted by Crippen LogP contribution is 2.36. The molecular weight excluding hydrogens is 307 g/mol. The van der Waals surface area contributed by atoms with Gasteiger partial charge in [-0.2, -0.15) is 23.5 Å². The van der Waals surface area contributed by atoms with Crippen molar-refractivity contribution < 1.29 is 22.0 Å². The lowest BCUT2D eigenvalue weighted by molar-refractivity contribution is -0.164. The van der Waals surface area contributed by atoms with Gasteiger partial charge in [-0.25, -0.2) is 13.5 Å². The van der Waals surface area contributed by atoms with E-state index in [2.05, 4.69) is 5.10 Å². The maximum atomic E-state index is 13.8. The number of aromatic nitrogens is 2. The molecule has 0 saturated heterocycles. The zero-order chi connectivity index (χ0) is 16.7. The summed E-state index contributed by atoms with van der Waals surface area (Å²) < 4.78 is 65.7. The van der Waals surface area contributed by atoms with Gasteiger partial charge in [0.05, 0.1) is 0 Å². The van der Waals surface area contributed by atoms with Crippen LogP contribution >= 0.6 is 0 Å². The Labute approximate surface area is 121 Å². The van der Waals surface area contributed by atoms with Gasteiger partial charge in [0.1, 0.15) is 40.8 Å². The number of benzene rings is 1. The average Bonchev–Trinajstić information content (AvgIpc) is 2.76. The predicted molar refractivity (Wildman–Crippen MR) is 67.5 cm³/mol. The topological polar surface area (TPSA) is 67.6 Å². The summed E-state index contributed by atoms with van der Waals surface area (Å²) in [7, 11) is 0. The van der Waals surface area contributed by atoms with Crippen LogP contribution in [0.4, 0.5) is 27.8 Å². The van der Waals surface area contributed by atoms with Gasteiger partial charge in [0.2, 0.25) is 0 Å². The van der Waals surface area contributed by atoms with Crippen molar-refractivity contribution in [3.05, 3.63) is 35.4 Å². The van der Waals surface area contributed by atoms with E-state index in [1.54, 1.807) is 6.07 Å². The first-order valence-corrected chi connectivity index (χ1v) is 5.97. The van der Waals surface area contributed by atoms with Gasteiger partial charge >= 0.3 is 6.18 Å². The molecular formula is C13H9F5N4. The average molecular weight is 316 g/mol. The third-order valence-electron chi connectivity index (χ3n) is 3.08. The fourth-order valence-corrected chi connectivity index (χ4v) is 1.86. The van der Waals surface area contributed by atoms with Crippen LogP contribution in [0.3, 0.4) is 0 Å². The Morgan fingerprint density at radius 1 is 1.32 bits per heavy atom. The van der Waals surface area contributed by atoms with Crippen molar-refractivity contribution >= 4 is 5.82 Å². The quantitative estimate of drug-likeness (QED) is 0.863. The maximum Gasteiger partial charge on any atom is 0.410 e. The Hall–Kier alpha value is -2.63. The molecule has 1 unspecified atom stereocenters. The maximum absolute atomic E-state index is 13.8. The molecule has 9 heteroatoms. The predicted octanol–water partition coefficient (Wildman–Crippen LogP) is 3.41. The van der Waals surface area contributed by atoms with Gasteiger partial charge in [-0.15, -0.1) is 0 Å². The zero-order valence-corrected chi connectivity index (χ0v) is 11.1. The van der Waals surface area contributed by atoms with E-state index in [4.69, 9.17) is 11.0 Å². The molecule has 0 saturated carbocycles. The van der Waals surface area contributed by atoms with Gasteiger partial charge in [0.15, 0.2) is 0 Å². The highest BCUT2D eigenvalue weighted by molar-refractivity contribution is 5.73. The lowest BCUT2D eigenvalue weighted by Crippen LogP contribution is -2.25. The van der Waals surface area contributed by atoms with E-state index in [-0.39, 0.29) is 0 Å². The Balaban J connectivity index is 2.69. The molecule has 0 fully saturated rings. The minimum absolute atomic E-state index is 0.373. The Morgan fingerprint density at radius 2 is 1.95 bits per heavy atom. The van der Waals surface area contributed by atoms with Gasteiger partial charge in [-0.3, -0.25) is 0 Å². The summed E-state index contributed by atoms with van der Waals surface area (Å²) in [5.41, 5.74) is 4.18. The van der Waals surface area contributed by atoms with Crippen molar-refractivity contribution in [1.29, 1.82) is 5.26 Å². The minimum Gasteiger partial charge on any atom is -0.383 e. The monoisotopic (exact) mass is 316 g/mol. The van der Waals surface area contributed by atoms with Crippen molar-refractivity contribution in [1.82, 2.24) is 9.78 Å². The first kappa shape index (κ1) is 15.8. The van der Waals surface area contributed by atoms with Gasteiger partial charge in [0, 0.05) is 5.56 Å². The molecule has 22 heavy (non-hydrogen) atoms. The van der Waals surface area contributed by atoms with Gasteiger partial charge in [-0.05, 0) is 25.1 Å². The van der Waals surface area contributed by atoms with Crippen molar-refractivity contribution in [2.45, 2.75) is 19.1 Å². The van der Waals surface area contributed by atoms with Crippen LogP contribution in [0.25, 0.3) is 11.3 Å². The van der Waals surface area contributed by atoms with E-state index in [9.17, 15) is 22.0 Å². The number of nitrogen functional groups attached to an aromatic ring is 1. The fourth-order valence-electron chi connectivity index (χ4n) is 1.86. The fraction of sp³-hybridized carbons (Fsp3) is 0.231. The van der Waals surface area contributed by atoms with Crippen molar-refractivity contribution in [3.63, 3.8) is 0 Å². The normalized spacial score (nSPS) is 13.0. The molecule has 1 aromatic carbocycles. The molecule has 0 aliphatic heterocycles. The third kappa shape index (κ3) is 2.59. The van der Waals surface area contributed by atoms with E-state index >= 15 is 0 Å². The summed E-state index contributed by atoms with van der Waals surface area (Å²) in [5, 5.41) is 12.6. The number of hydrogen-bond donors (Lipinski definition) is 1. The van der Waals surface area contributed by atoms with Crippen LogP contribution < -0.4 is 5.73 Å². The van der Waals surface area contributed by atoms with Crippen LogP contribution in [0, 0.1) is 23.0 Å². The SMILES string of the molecule is CC(n1nc(-c2cc(F)ccc2F)c(C#N)c1N)C(F)(F)F. The van der Waals surface area contributed by atoms with Crippen LogP contribution in [0.1, 0.15) is 18.5 Å². The largest absolute Gasteiger partial charge is 0.410 e. The molecule has 2 aromatic rings. The first-order chi connectivity index (χ1) is 10.2. The van der Waals surface area contributed by atoms with E-state index in [0.717, 1.165) is 25.1 Å². The van der Waals surface area contributed by atoms with Gasteiger partial charge in [0.25, 0.3) is 0 Å². The summed E-state index contributed by atoms with van der Waals surface area (Å²) in [6.45, 7) is 0.788. The number of rotatable bonds is 2. The third-order valence-corrected chi connectivity index (χ3v) is 3.08. The zero-order valence-electron chi connectivity index (χ0n) is 11.1. The molecule has 116 valence electrons. The van der Waals surface area contributed by atoms with Crippen LogP contribution in [-0.2, 0) is 0 Å². The van der Waals surface area contributed by atoms with Crippen LogP contribution in [0.5, 0.6) is 0 Å². The van der Waals surface area contributed by atoms with Gasteiger partial charge < -0.3 is 5.73 Å². The molecule has 4 nitrogen and oxygen atoms in total. The number of halogens is 5. The smallest absolute Gasteiger partial charge is 0.383 e. The van der Waals surface area contributed by atoms with Crippen molar-refractivity contribution in [3.8, 4) is 17.3 Å². The molecule has 0 spiro atoms. The second-order valence-electron chi connectivity index (χ2n) is 4.51. The molecule has 0 amide bonds. The lowest BCUT2D eigenvalue weighted by atomic mass is 10.1. The highest BCUT2D eigenvalue weighted by atomic mass is 19.4. The number of nitriles is 1. The lowest BCUT2D eigenvalue weighted by Gasteiger charge is -2.17. The van der Waals surface area contributed by atoms with E-state index < -0.39 is 46.5 Å². The van der Waals surface area contributed by atoms with E-state index in [1.165, 1.54) is 0 Å². The molecule has 0 aliphatic carbocycles. The van der Waals surface area contributed by atoms with Crippen LogP contribution in [0.15, 0.2) is 18.2 Å². The summed E-state index contributed by atoms with van der Waals surface area (Å²) in [6, 6.07) is 1.81. The Kier molecular flexibility index (Phi) is 3.79. The standard InChI is InChI=1S/C13H9F5N4/c1-6(13(16,17)18)22-12(20)9(5-19)11(21-22)8-4-7(14)2-3-10(8)15/h2-4,6H,20H2,1H3. The molecule has 1 heterocycles. The number of alkyl halides is 3. The Morgan fingerprint density at radius 3 is 2.50 bits per heavy atom. The Bertz CT molecular complexity index is 757. The summed E-state index contributed by atoms with van der Waals surface area (Å²) in [5.74, 6) is -2.31. The molecule has 1 atom stereocenters. The molecule has 0 bridgehead atoms. The van der Waals surface area contributed by atoms with Crippen molar-refractivity contribution in [2.24, 2.45) is 0 Å². The first-order valence-electron chi connectivity index (χ1n) is 5.97. The van der Waals surface area contributed by atoms with Crippen LogP contribution in [0.2, 0.25) is 0 Å². The minimum atomic E-state index is -4.66. The molecule has 2 N–H and O–H groups in total. The van der Waals surface area contributed by atoms with Gasteiger partial charge in [-0.1, -0.05) is 0 Å². The molecule has 0 aliphatic rings. The van der Waals surface area contributed by atoms with E-state index in [1.807, 2.05) is 0 Å². The second-order valence-corrected chi connectivity index (χ2v) is 4.51. The van der Waals surface area contributed by atoms with Crippen molar-refractivity contribution in [2.75, 3.05) is 5.73 Å². The number of nitrogens with two attached hydrogens (primary N) is 1. The summed E-state index contributed by atoms with van der Waals surface area (Å²) in [6.07, 6.45) is -4.66. The van der Waals surface area contributed by atoms with Crippen LogP contribution in [-0.4, -0.2) is 16.0 Å². The summed E-state index contributed by atoms with van der Waals surface area (Å²) >= 11 is 0. The highest BCUT2D eigenvalue weighted by Gasteiger charge is 2.40. The van der Waals surface area contributed by atoms with E-state index in [0.29, 0.717) is 4.68 Å². The molecule has 1 aromatic heterocycles. The summed E-state index contributed by atoms with van der Waals surface area (Å²) in [4.78, 5) is 0. The number of anilines is 1. The second kappa shape index (κ2) is 5.29. The molecule has 2 rings (SSSR count). The number of nitrogens with zero attached hydrogens (tertiary/aromatic N) is 3.